The molecule has 0 aliphatic heterocycles. The van der Waals surface area contributed by atoms with Crippen LogP contribution in [0.3, 0.4) is 0 Å². The number of carbonyl (C=O) groups is 1. The monoisotopic (exact) mass is 281 g/mol. The number of nitrogens with two attached hydrogens (primary N) is 1. The first kappa shape index (κ1) is 13.3. The Kier molecular flexibility index (Phi) is 3.37. The average molecular weight is 281 g/mol. The van der Waals surface area contributed by atoms with Crippen molar-refractivity contribution in [1.82, 2.24) is 20.2 Å². The van der Waals surface area contributed by atoms with Crippen molar-refractivity contribution in [3.63, 3.8) is 0 Å². The molecule has 3 rings (SSSR count). The third-order valence-electron chi connectivity index (χ3n) is 3.37. The maximum atomic E-state index is 12.0. The lowest BCUT2D eigenvalue weighted by Crippen LogP contribution is -2.30. The fraction of sp³-hybridized carbons (Fsp3) is 0.133. The van der Waals surface area contributed by atoms with Gasteiger partial charge in [-0.1, -0.05) is 18.2 Å². The number of nitrogens with zero attached hydrogens (tertiary/aromatic N) is 3. The number of nitrogens with one attached hydrogen (secondary N) is 1. The summed E-state index contributed by atoms with van der Waals surface area (Å²) in [7, 11) is 0. The summed E-state index contributed by atoms with van der Waals surface area (Å²) in [6.45, 7) is 2.74. The van der Waals surface area contributed by atoms with Crippen molar-refractivity contribution in [3.8, 4) is 11.4 Å². The molecule has 0 bridgehead atoms. The SMILES string of the molecule is CCn1nccc1-c1cc(C(=O)NN)c2ccccc2n1. The van der Waals surface area contributed by atoms with Crippen molar-refractivity contribution in [1.29, 1.82) is 0 Å². The number of benzene rings is 1. The number of amides is 1. The van der Waals surface area contributed by atoms with Gasteiger partial charge in [-0.15, -0.1) is 0 Å². The minimum atomic E-state index is -0.336. The van der Waals surface area contributed by atoms with Gasteiger partial charge in [-0.05, 0) is 25.1 Å². The molecule has 1 amide bonds. The summed E-state index contributed by atoms with van der Waals surface area (Å²) in [5.41, 5.74) is 5.01. The van der Waals surface area contributed by atoms with E-state index < -0.39 is 0 Å². The van der Waals surface area contributed by atoms with E-state index in [4.69, 9.17) is 5.84 Å². The molecule has 3 aromatic rings. The number of carbonyl (C=O) groups excluding carboxylic acids is 1. The largest absolute Gasteiger partial charge is 0.290 e. The molecule has 0 aliphatic rings. The Balaban J connectivity index is 2.28. The van der Waals surface area contributed by atoms with Crippen molar-refractivity contribution >= 4 is 16.8 Å². The number of aromatic nitrogens is 3. The number of hydrogen-bond acceptors (Lipinski definition) is 4. The molecule has 0 unspecified atom stereocenters. The average Bonchev–Trinajstić information content (AvgIpc) is 3.01. The molecular formula is C15H15N5O. The van der Waals surface area contributed by atoms with Crippen LogP contribution >= 0.6 is 0 Å². The van der Waals surface area contributed by atoms with Gasteiger partial charge in [-0.25, -0.2) is 10.8 Å². The Morgan fingerprint density at radius 2 is 2.14 bits per heavy atom. The molecule has 106 valence electrons. The van der Waals surface area contributed by atoms with Gasteiger partial charge >= 0.3 is 0 Å². The molecule has 0 saturated heterocycles. The highest BCUT2D eigenvalue weighted by Crippen LogP contribution is 2.24. The van der Waals surface area contributed by atoms with Crippen LogP contribution in [0, 0.1) is 0 Å². The van der Waals surface area contributed by atoms with Crippen molar-refractivity contribution < 1.29 is 4.79 Å². The highest BCUT2D eigenvalue weighted by atomic mass is 16.2. The topological polar surface area (TPSA) is 85.8 Å². The molecule has 0 spiro atoms. The van der Waals surface area contributed by atoms with Crippen LogP contribution in [0.5, 0.6) is 0 Å². The Morgan fingerprint density at radius 1 is 1.33 bits per heavy atom. The van der Waals surface area contributed by atoms with Gasteiger partial charge in [-0.2, -0.15) is 5.10 Å². The number of pyridine rings is 1. The lowest BCUT2D eigenvalue weighted by Gasteiger charge is -2.09. The van der Waals surface area contributed by atoms with E-state index in [2.05, 4.69) is 15.5 Å². The van der Waals surface area contributed by atoms with E-state index in [0.29, 0.717) is 11.3 Å². The maximum absolute atomic E-state index is 12.0. The molecule has 3 N–H and O–H groups in total. The van der Waals surface area contributed by atoms with Crippen LogP contribution in [-0.4, -0.2) is 20.7 Å². The van der Waals surface area contributed by atoms with Crippen molar-refractivity contribution in [2.45, 2.75) is 13.5 Å². The van der Waals surface area contributed by atoms with Gasteiger partial charge in [-0.3, -0.25) is 14.9 Å². The smallest absolute Gasteiger partial charge is 0.265 e. The van der Waals surface area contributed by atoms with Gasteiger partial charge in [0.25, 0.3) is 5.91 Å². The zero-order chi connectivity index (χ0) is 14.8. The summed E-state index contributed by atoms with van der Waals surface area (Å²) in [6.07, 6.45) is 1.72. The number of fused-ring (bicyclic) bond motifs is 1. The van der Waals surface area contributed by atoms with Crippen molar-refractivity contribution in [2.24, 2.45) is 5.84 Å². The lowest BCUT2D eigenvalue weighted by molar-refractivity contribution is 0.0955. The van der Waals surface area contributed by atoms with Crippen LogP contribution in [0.2, 0.25) is 0 Å². The molecule has 6 heteroatoms. The molecular weight excluding hydrogens is 266 g/mol. The summed E-state index contributed by atoms with van der Waals surface area (Å²) in [6, 6.07) is 11.1. The first-order valence-electron chi connectivity index (χ1n) is 6.67. The van der Waals surface area contributed by atoms with Crippen LogP contribution < -0.4 is 11.3 Å². The van der Waals surface area contributed by atoms with Crippen LogP contribution in [0.4, 0.5) is 0 Å². The summed E-state index contributed by atoms with van der Waals surface area (Å²) in [5.74, 6) is 4.95. The zero-order valence-electron chi connectivity index (χ0n) is 11.6. The zero-order valence-corrected chi connectivity index (χ0v) is 11.6. The standard InChI is InChI=1S/C15H15N5O/c1-2-20-14(7-8-17-20)13-9-11(15(21)19-16)10-5-3-4-6-12(10)18-13/h3-9H,2,16H2,1H3,(H,19,21). The van der Waals surface area contributed by atoms with Gasteiger partial charge in [0.1, 0.15) is 0 Å². The molecule has 0 aliphatic carbocycles. The summed E-state index contributed by atoms with van der Waals surface area (Å²) in [4.78, 5) is 16.6. The van der Waals surface area contributed by atoms with E-state index in [1.165, 1.54) is 0 Å². The van der Waals surface area contributed by atoms with Gasteiger partial charge < -0.3 is 0 Å². The van der Waals surface area contributed by atoms with Crippen molar-refractivity contribution in [2.75, 3.05) is 0 Å². The Hall–Kier alpha value is -2.73. The van der Waals surface area contributed by atoms with Gasteiger partial charge in [0.2, 0.25) is 0 Å². The molecule has 2 heterocycles. The lowest BCUT2D eigenvalue weighted by atomic mass is 10.1. The highest BCUT2D eigenvalue weighted by Gasteiger charge is 2.14. The number of rotatable bonds is 3. The Morgan fingerprint density at radius 3 is 2.90 bits per heavy atom. The second kappa shape index (κ2) is 5.34. The third-order valence-corrected chi connectivity index (χ3v) is 3.37. The van der Waals surface area contributed by atoms with Crippen molar-refractivity contribution in [3.05, 3.63) is 48.2 Å². The third kappa shape index (κ3) is 2.25. The number of aryl methyl sites for hydroxylation is 1. The number of hydrogen-bond donors (Lipinski definition) is 2. The van der Waals surface area contributed by atoms with Crippen LogP contribution in [0.25, 0.3) is 22.3 Å². The fourth-order valence-electron chi connectivity index (χ4n) is 2.37. The van der Waals surface area contributed by atoms with Gasteiger partial charge in [0.05, 0.1) is 22.5 Å². The predicted molar refractivity (Wildman–Crippen MR) is 80.3 cm³/mol. The molecule has 1 aromatic carbocycles. The maximum Gasteiger partial charge on any atom is 0.265 e. The summed E-state index contributed by atoms with van der Waals surface area (Å²) in [5, 5.41) is 5.01. The first-order chi connectivity index (χ1) is 10.2. The van der Waals surface area contributed by atoms with E-state index >= 15 is 0 Å². The van der Waals surface area contributed by atoms with E-state index in [-0.39, 0.29) is 5.91 Å². The molecule has 0 saturated carbocycles. The van der Waals surface area contributed by atoms with E-state index in [9.17, 15) is 4.79 Å². The molecule has 0 atom stereocenters. The Labute approximate surface area is 121 Å². The van der Waals surface area contributed by atoms with E-state index in [1.54, 1.807) is 12.3 Å². The number of nitrogen functional groups attached to an aromatic ring is 1. The van der Waals surface area contributed by atoms with Crippen LogP contribution in [0.15, 0.2) is 42.6 Å². The minimum Gasteiger partial charge on any atom is -0.290 e. The molecule has 6 nitrogen and oxygen atoms in total. The summed E-state index contributed by atoms with van der Waals surface area (Å²) < 4.78 is 1.83. The normalized spacial score (nSPS) is 10.8. The van der Waals surface area contributed by atoms with Crippen LogP contribution in [0.1, 0.15) is 17.3 Å². The molecule has 21 heavy (non-hydrogen) atoms. The number of para-hydroxylation sites is 1. The number of hydrazine groups is 1. The quantitative estimate of drug-likeness (QED) is 0.435. The second-order valence-electron chi connectivity index (χ2n) is 4.58. The first-order valence-corrected chi connectivity index (χ1v) is 6.67. The highest BCUT2D eigenvalue weighted by molar-refractivity contribution is 6.06. The van der Waals surface area contributed by atoms with E-state index in [1.807, 2.05) is 41.9 Å². The van der Waals surface area contributed by atoms with Gasteiger partial charge in [0, 0.05) is 18.1 Å². The summed E-state index contributed by atoms with van der Waals surface area (Å²) >= 11 is 0. The molecule has 0 fully saturated rings. The van der Waals surface area contributed by atoms with Gasteiger partial charge in [0.15, 0.2) is 0 Å². The molecule has 2 aromatic heterocycles. The van der Waals surface area contributed by atoms with Crippen LogP contribution in [-0.2, 0) is 6.54 Å². The second-order valence-corrected chi connectivity index (χ2v) is 4.58. The molecule has 0 radical (unpaired) electrons. The Bertz CT molecular complexity index is 809. The predicted octanol–water partition coefficient (Wildman–Crippen LogP) is 1.72. The minimum absolute atomic E-state index is 0.336. The van der Waals surface area contributed by atoms with E-state index in [0.717, 1.165) is 23.1 Å². The fourth-order valence-corrected chi connectivity index (χ4v) is 2.37.